The number of ether oxygens (including phenoxy) is 3. The summed E-state index contributed by atoms with van der Waals surface area (Å²) in [7, 11) is 0. The average molecular weight is 337 g/mol. The molecule has 1 fully saturated rings. The molecule has 6 heteroatoms. The van der Waals surface area contributed by atoms with Crippen molar-refractivity contribution in [2.24, 2.45) is 0 Å². The standard InChI is InChI=1S/C13H15BrF2O3/c1-13(2)18-7-9(19-13)6-17-8-3-4-11(14)10(5-8)12(15)16/h3-5,9,12H,6-7H2,1-2H3. The lowest BCUT2D eigenvalue weighted by molar-refractivity contribution is -0.141. The Balaban J connectivity index is 1.95. The largest absolute Gasteiger partial charge is 0.491 e. The van der Waals surface area contributed by atoms with Gasteiger partial charge in [-0.05, 0) is 32.0 Å². The molecular weight excluding hydrogens is 322 g/mol. The second-order valence-electron chi connectivity index (χ2n) is 4.75. The molecule has 1 heterocycles. The third-order valence-corrected chi connectivity index (χ3v) is 3.43. The van der Waals surface area contributed by atoms with Crippen LogP contribution in [-0.2, 0) is 9.47 Å². The summed E-state index contributed by atoms with van der Waals surface area (Å²) in [5, 5.41) is 0. The molecule has 19 heavy (non-hydrogen) atoms. The first-order valence-corrected chi connectivity index (χ1v) is 6.69. The lowest BCUT2D eigenvalue weighted by Crippen LogP contribution is -2.25. The molecule has 1 saturated heterocycles. The van der Waals surface area contributed by atoms with Crippen LogP contribution in [0, 0.1) is 0 Å². The molecular formula is C13H15BrF2O3. The third kappa shape index (κ3) is 3.87. The zero-order valence-corrected chi connectivity index (χ0v) is 12.2. The number of benzene rings is 1. The van der Waals surface area contributed by atoms with Crippen molar-refractivity contribution in [3.63, 3.8) is 0 Å². The van der Waals surface area contributed by atoms with Crippen LogP contribution in [0.15, 0.2) is 22.7 Å². The van der Waals surface area contributed by atoms with Crippen LogP contribution in [-0.4, -0.2) is 25.1 Å². The van der Waals surface area contributed by atoms with Crippen LogP contribution in [0.5, 0.6) is 5.75 Å². The van der Waals surface area contributed by atoms with Crippen LogP contribution in [0.25, 0.3) is 0 Å². The van der Waals surface area contributed by atoms with Gasteiger partial charge in [0.25, 0.3) is 6.43 Å². The highest BCUT2D eigenvalue weighted by Gasteiger charge is 2.33. The summed E-state index contributed by atoms with van der Waals surface area (Å²) in [5.74, 6) is -0.214. The van der Waals surface area contributed by atoms with Gasteiger partial charge in [0.05, 0.1) is 6.61 Å². The summed E-state index contributed by atoms with van der Waals surface area (Å²) in [6.07, 6.45) is -2.73. The van der Waals surface area contributed by atoms with Gasteiger partial charge >= 0.3 is 0 Å². The molecule has 0 spiro atoms. The first kappa shape index (κ1) is 14.7. The summed E-state index contributed by atoms with van der Waals surface area (Å²) >= 11 is 3.08. The first-order chi connectivity index (χ1) is 8.87. The molecule has 0 amide bonds. The van der Waals surface area contributed by atoms with Gasteiger partial charge in [-0.2, -0.15) is 0 Å². The van der Waals surface area contributed by atoms with E-state index in [-0.39, 0.29) is 18.3 Å². The maximum atomic E-state index is 12.7. The number of halogens is 3. The van der Waals surface area contributed by atoms with Gasteiger partial charge in [-0.3, -0.25) is 0 Å². The Morgan fingerprint density at radius 3 is 2.79 bits per heavy atom. The molecule has 3 nitrogen and oxygen atoms in total. The molecule has 1 atom stereocenters. The van der Waals surface area contributed by atoms with E-state index in [1.54, 1.807) is 12.1 Å². The normalized spacial score (nSPS) is 21.9. The predicted octanol–water partition coefficient (Wildman–Crippen LogP) is 3.92. The molecule has 0 N–H and O–H groups in total. The van der Waals surface area contributed by atoms with Crippen LogP contribution < -0.4 is 4.74 Å². The highest BCUT2D eigenvalue weighted by molar-refractivity contribution is 9.10. The fourth-order valence-electron chi connectivity index (χ4n) is 1.81. The van der Waals surface area contributed by atoms with Crippen LogP contribution in [0.3, 0.4) is 0 Å². The van der Waals surface area contributed by atoms with Crippen molar-refractivity contribution in [2.75, 3.05) is 13.2 Å². The van der Waals surface area contributed by atoms with E-state index in [2.05, 4.69) is 15.9 Å². The van der Waals surface area contributed by atoms with Crippen molar-refractivity contribution < 1.29 is 23.0 Å². The van der Waals surface area contributed by atoms with Gasteiger partial charge in [-0.1, -0.05) is 15.9 Å². The van der Waals surface area contributed by atoms with Crippen molar-refractivity contribution in [3.8, 4) is 5.75 Å². The van der Waals surface area contributed by atoms with Gasteiger partial charge in [-0.25, -0.2) is 8.78 Å². The van der Waals surface area contributed by atoms with Gasteiger partial charge in [-0.15, -0.1) is 0 Å². The third-order valence-electron chi connectivity index (χ3n) is 2.71. The minimum absolute atomic E-state index is 0.0820. The lowest BCUT2D eigenvalue weighted by Gasteiger charge is -2.17. The highest BCUT2D eigenvalue weighted by Crippen LogP contribution is 2.31. The first-order valence-electron chi connectivity index (χ1n) is 5.89. The molecule has 1 aromatic rings. The summed E-state index contributed by atoms with van der Waals surface area (Å²) < 4.78 is 42.2. The van der Waals surface area contributed by atoms with E-state index in [4.69, 9.17) is 14.2 Å². The molecule has 0 aliphatic carbocycles. The topological polar surface area (TPSA) is 27.7 Å². The van der Waals surface area contributed by atoms with E-state index < -0.39 is 12.2 Å². The Morgan fingerprint density at radius 2 is 2.21 bits per heavy atom. The SMILES string of the molecule is CC1(C)OCC(COc2ccc(Br)c(C(F)F)c2)O1. The van der Waals surface area contributed by atoms with Crippen LogP contribution in [0.4, 0.5) is 8.78 Å². The van der Waals surface area contributed by atoms with E-state index in [9.17, 15) is 8.78 Å². The molecule has 1 aromatic carbocycles. The molecule has 0 bridgehead atoms. The van der Waals surface area contributed by atoms with Gasteiger partial charge < -0.3 is 14.2 Å². The second-order valence-corrected chi connectivity index (χ2v) is 5.60. The van der Waals surface area contributed by atoms with Crippen molar-refractivity contribution in [3.05, 3.63) is 28.2 Å². The van der Waals surface area contributed by atoms with Crippen LogP contribution >= 0.6 is 15.9 Å². The quantitative estimate of drug-likeness (QED) is 0.834. The zero-order valence-electron chi connectivity index (χ0n) is 10.7. The van der Waals surface area contributed by atoms with E-state index in [1.807, 2.05) is 13.8 Å². The number of rotatable bonds is 4. The maximum Gasteiger partial charge on any atom is 0.265 e. The van der Waals surface area contributed by atoms with E-state index >= 15 is 0 Å². The minimum Gasteiger partial charge on any atom is -0.491 e. The highest BCUT2D eigenvalue weighted by atomic mass is 79.9. The lowest BCUT2D eigenvalue weighted by atomic mass is 10.2. The van der Waals surface area contributed by atoms with Crippen molar-refractivity contribution >= 4 is 15.9 Å². The maximum absolute atomic E-state index is 12.7. The monoisotopic (exact) mass is 336 g/mol. The molecule has 1 aliphatic rings. The van der Waals surface area contributed by atoms with Crippen LogP contribution in [0.1, 0.15) is 25.8 Å². The van der Waals surface area contributed by atoms with Gasteiger partial charge in [0.2, 0.25) is 0 Å². The molecule has 1 aliphatic heterocycles. The fourth-order valence-corrected chi connectivity index (χ4v) is 2.23. The molecule has 106 valence electrons. The molecule has 0 aromatic heterocycles. The van der Waals surface area contributed by atoms with Crippen molar-refractivity contribution in [1.29, 1.82) is 0 Å². The van der Waals surface area contributed by atoms with Crippen molar-refractivity contribution in [1.82, 2.24) is 0 Å². The zero-order chi connectivity index (χ0) is 14.0. The second kappa shape index (κ2) is 5.73. The van der Waals surface area contributed by atoms with E-state index in [0.29, 0.717) is 16.8 Å². The average Bonchev–Trinajstić information content (AvgIpc) is 2.67. The molecule has 1 unspecified atom stereocenters. The summed E-state index contributed by atoms with van der Waals surface area (Å²) in [4.78, 5) is 0. The Hall–Kier alpha value is -0.720. The Bertz CT molecular complexity index is 452. The number of hydrogen-bond donors (Lipinski definition) is 0. The fraction of sp³-hybridized carbons (Fsp3) is 0.538. The summed E-state index contributed by atoms with van der Waals surface area (Å²) in [6, 6.07) is 4.51. The Kier molecular flexibility index (Phi) is 4.43. The predicted molar refractivity (Wildman–Crippen MR) is 69.5 cm³/mol. The summed E-state index contributed by atoms with van der Waals surface area (Å²) in [5.41, 5.74) is -0.0820. The van der Waals surface area contributed by atoms with Crippen LogP contribution in [0.2, 0.25) is 0 Å². The molecule has 0 saturated carbocycles. The van der Waals surface area contributed by atoms with Gasteiger partial charge in [0.15, 0.2) is 5.79 Å². The van der Waals surface area contributed by atoms with Gasteiger partial charge in [0.1, 0.15) is 18.5 Å². The molecule has 2 rings (SSSR count). The van der Waals surface area contributed by atoms with E-state index in [0.717, 1.165) is 0 Å². The Labute approximate surface area is 119 Å². The van der Waals surface area contributed by atoms with E-state index in [1.165, 1.54) is 6.07 Å². The molecule has 0 radical (unpaired) electrons. The minimum atomic E-state index is -2.54. The number of alkyl halides is 2. The number of hydrogen-bond acceptors (Lipinski definition) is 3. The smallest absolute Gasteiger partial charge is 0.265 e. The van der Waals surface area contributed by atoms with Crippen molar-refractivity contribution in [2.45, 2.75) is 32.2 Å². The van der Waals surface area contributed by atoms with Gasteiger partial charge in [0, 0.05) is 10.0 Å². The summed E-state index contributed by atoms with van der Waals surface area (Å²) in [6.45, 7) is 4.35. The Morgan fingerprint density at radius 1 is 1.47 bits per heavy atom.